The number of hydrogen-bond acceptors (Lipinski definition) is 2. The van der Waals surface area contributed by atoms with E-state index < -0.39 is 0 Å². The highest BCUT2D eigenvalue weighted by molar-refractivity contribution is 6.21. The van der Waals surface area contributed by atoms with Crippen molar-refractivity contribution in [3.63, 3.8) is 0 Å². The molecular weight excluding hydrogens is 219 g/mol. The Labute approximate surface area is 95.5 Å². The van der Waals surface area contributed by atoms with E-state index in [-0.39, 0.29) is 17.8 Å². The summed E-state index contributed by atoms with van der Waals surface area (Å²) in [6.07, 6.45) is 2.92. The molecule has 0 spiro atoms. The largest absolute Gasteiger partial charge is 0.315 e. The maximum absolute atomic E-state index is 6.21. The highest BCUT2D eigenvalue weighted by Gasteiger charge is 2.24. The minimum atomic E-state index is 0. The number of aromatic nitrogens is 1. The Balaban J connectivity index is 0.000000980. The Morgan fingerprint density at radius 3 is 2.93 bits per heavy atom. The number of nitrogens with one attached hydrogen (secondary N) is 1. The van der Waals surface area contributed by atoms with Crippen LogP contribution in [0.4, 0.5) is 0 Å². The number of hydrogen-bond donors (Lipinski definition) is 1. The van der Waals surface area contributed by atoms with Gasteiger partial charge in [-0.05, 0) is 25.1 Å². The number of piperidine rings is 1. The summed E-state index contributed by atoms with van der Waals surface area (Å²) in [6, 6.07) is 6.02. The predicted octanol–water partition coefficient (Wildman–Crippen LogP) is 2.19. The molecule has 1 aromatic heterocycles. The Hall–Kier alpha value is -0.310. The Kier molecular flexibility index (Phi) is 4.66. The molecule has 2 nitrogen and oxygen atoms in total. The van der Waals surface area contributed by atoms with E-state index in [1.165, 1.54) is 0 Å². The van der Waals surface area contributed by atoms with Crippen LogP contribution in [0.3, 0.4) is 0 Å². The molecule has 0 aliphatic carbocycles. The molecule has 78 valence electrons. The van der Waals surface area contributed by atoms with Gasteiger partial charge in [-0.25, -0.2) is 0 Å². The van der Waals surface area contributed by atoms with Gasteiger partial charge in [-0.3, -0.25) is 4.98 Å². The highest BCUT2D eigenvalue weighted by Crippen LogP contribution is 2.27. The zero-order chi connectivity index (χ0) is 9.10. The molecule has 0 radical (unpaired) electrons. The van der Waals surface area contributed by atoms with Gasteiger partial charge in [0.15, 0.2) is 0 Å². The van der Waals surface area contributed by atoms with Crippen molar-refractivity contribution in [2.75, 3.05) is 13.1 Å². The number of halogens is 2. The van der Waals surface area contributed by atoms with Crippen molar-refractivity contribution in [1.82, 2.24) is 10.3 Å². The summed E-state index contributed by atoms with van der Waals surface area (Å²) >= 11 is 6.21. The standard InChI is InChI=1S/C10H13ClN2.ClH/c11-9-7-12-6-4-8(9)10-3-1-2-5-13-10;/h1-3,5,8-9,12H,4,6-7H2;1H. The van der Waals surface area contributed by atoms with Gasteiger partial charge in [-0.2, -0.15) is 0 Å². The molecule has 1 fully saturated rings. The minimum absolute atomic E-state index is 0. The van der Waals surface area contributed by atoms with Crippen molar-refractivity contribution in [3.05, 3.63) is 30.1 Å². The van der Waals surface area contributed by atoms with Gasteiger partial charge in [0.2, 0.25) is 0 Å². The van der Waals surface area contributed by atoms with Crippen molar-refractivity contribution in [2.45, 2.75) is 17.7 Å². The van der Waals surface area contributed by atoms with Crippen LogP contribution in [0.25, 0.3) is 0 Å². The number of rotatable bonds is 1. The van der Waals surface area contributed by atoms with Gasteiger partial charge in [0.1, 0.15) is 0 Å². The lowest BCUT2D eigenvalue weighted by atomic mass is 9.94. The Morgan fingerprint density at radius 2 is 2.29 bits per heavy atom. The van der Waals surface area contributed by atoms with Crippen LogP contribution in [-0.4, -0.2) is 23.5 Å². The van der Waals surface area contributed by atoms with E-state index in [9.17, 15) is 0 Å². The van der Waals surface area contributed by atoms with Crippen molar-refractivity contribution in [2.24, 2.45) is 0 Å². The van der Waals surface area contributed by atoms with Crippen LogP contribution in [-0.2, 0) is 0 Å². The molecule has 0 saturated carbocycles. The zero-order valence-electron chi connectivity index (χ0n) is 7.82. The summed E-state index contributed by atoms with van der Waals surface area (Å²) in [7, 11) is 0. The second-order valence-corrected chi connectivity index (χ2v) is 3.93. The van der Waals surface area contributed by atoms with E-state index >= 15 is 0 Å². The fourth-order valence-electron chi connectivity index (χ4n) is 1.75. The van der Waals surface area contributed by atoms with E-state index in [0.29, 0.717) is 5.92 Å². The van der Waals surface area contributed by atoms with Crippen LogP contribution in [0.2, 0.25) is 0 Å². The fourth-order valence-corrected chi connectivity index (χ4v) is 2.11. The summed E-state index contributed by atoms with van der Waals surface area (Å²) in [6.45, 7) is 1.94. The fraction of sp³-hybridized carbons (Fsp3) is 0.500. The van der Waals surface area contributed by atoms with Crippen LogP contribution in [0.15, 0.2) is 24.4 Å². The van der Waals surface area contributed by atoms with Crippen LogP contribution < -0.4 is 5.32 Å². The highest BCUT2D eigenvalue weighted by atomic mass is 35.5. The quantitative estimate of drug-likeness (QED) is 0.752. The third-order valence-corrected chi connectivity index (χ3v) is 2.93. The molecule has 0 aromatic carbocycles. The lowest BCUT2D eigenvalue weighted by Gasteiger charge is -2.27. The summed E-state index contributed by atoms with van der Waals surface area (Å²) in [5.41, 5.74) is 1.13. The Bertz CT molecular complexity index is 266. The molecule has 1 aliphatic heterocycles. The van der Waals surface area contributed by atoms with Crippen LogP contribution in [0.1, 0.15) is 18.0 Å². The third kappa shape index (κ3) is 2.59. The second kappa shape index (κ2) is 5.54. The molecule has 2 heterocycles. The van der Waals surface area contributed by atoms with Crippen LogP contribution in [0, 0.1) is 0 Å². The summed E-state index contributed by atoms with van der Waals surface area (Å²) in [4.78, 5) is 4.34. The summed E-state index contributed by atoms with van der Waals surface area (Å²) < 4.78 is 0. The Morgan fingerprint density at radius 1 is 1.43 bits per heavy atom. The molecule has 0 bridgehead atoms. The molecule has 2 atom stereocenters. The summed E-state index contributed by atoms with van der Waals surface area (Å²) in [5.74, 6) is 0.420. The molecule has 1 saturated heterocycles. The molecule has 1 aliphatic rings. The molecule has 14 heavy (non-hydrogen) atoms. The van der Waals surface area contributed by atoms with Gasteiger partial charge < -0.3 is 5.32 Å². The first-order valence-electron chi connectivity index (χ1n) is 4.63. The second-order valence-electron chi connectivity index (χ2n) is 3.37. The van der Waals surface area contributed by atoms with Crippen molar-refractivity contribution >= 4 is 24.0 Å². The van der Waals surface area contributed by atoms with Crippen molar-refractivity contribution < 1.29 is 0 Å². The third-order valence-electron chi connectivity index (χ3n) is 2.48. The molecule has 2 unspecified atom stereocenters. The first-order valence-corrected chi connectivity index (χ1v) is 5.07. The van der Waals surface area contributed by atoms with Gasteiger partial charge in [0.05, 0.1) is 5.38 Å². The molecule has 1 N–H and O–H groups in total. The number of nitrogens with zero attached hydrogens (tertiary/aromatic N) is 1. The number of pyridine rings is 1. The number of alkyl halides is 1. The molecule has 4 heteroatoms. The van der Waals surface area contributed by atoms with Gasteiger partial charge in [0.25, 0.3) is 0 Å². The monoisotopic (exact) mass is 232 g/mol. The normalized spacial score (nSPS) is 26.6. The maximum Gasteiger partial charge on any atom is 0.0544 e. The molecule has 2 rings (SSSR count). The van der Waals surface area contributed by atoms with Crippen LogP contribution >= 0.6 is 24.0 Å². The smallest absolute Gasteiger partial charge is 0.0544 e. The van der Waals surface area contributed by atoms with Gasteiger partial charge >= 0.3 is 0 Å². The average molecular weight is 233 g/mol. The van der Waals surface area contributed by atoms with E-state index in [1.807, 2.05) is 18.3 Å². The van der Waals surface area contributed by atoms with Gasteiger partial charge in [-0.15, -0.1) is 24.0 Å². The van der Waals surface area contributed by atoms with Gasteiger partial charge in [-0.1, -0.05) is 6.07 Å². The predicted molar refractivity (Wildman–Crippen MR) is 61.4 cm³/mol. The SMILES string of the molecule is Cl.ClC1CNCCC1c1ccccn1. The van der Waals surface area contributed by atoms with E-state index in [4.69, 9.17) is 11.6 Å². The van der Waals surface area contributed by atoms with Crippen molar-refractivity contribution in [1.29, 1.82) is 0 Å². The van der Waals surface area contributed by atoms with Crippen LogP contribution in [0.5, 0.6) is 0 Å². The van der Waals surface area contributed by atoms with E-state index in [1.54, 1.807) is 0 Å². The molecular formula is C10H14Cl2N2. The minimum Gasteiger partial charge on any atom is -0.315 e. The zero-order valence-corrected chi connectivity index (χ0v) is 9.39. The topological polar surface area (TPSA) is 24.9 Å². The molecule has 0 amide bonds. The van der Waals surface area contributed by atoms with E-state index in [2.05, 4.69) is 16.4 Å². The molecule has 1 aromatic rings. The van der Waals surface area contributed by atoms with Gasteiger partial charge in [0, 0.05) is 24.4 Å². The average Bonchev–Trinajstić information content (AvgIpc) is 2.20. The summed E-state index contributed by atoms with van der Waals surface area (Å²) in [5, 5.41) is 3.46. The maximum atomic E-state index is 6.21. The first-order chi connectivity index (χ1) is 6.38. The lowest BCUT2D eigenvalue weighted by Crippen LogP contribution is -2.36. The van der Waals surface area contributed by atoms with E-state index in [0.717, 1.165) is 25.2 Å². The lowest BCUT2D eigenvalue weighted by molar-refractivity contribution is 0.460. The van der Waals surface area contributed by atoms with Crippen molar-refractivity contribution in [3.8, 4) is 0 Å². The first kappa shape index (κ1) is 11.8.